The van der Waals surface area contributed by atoms with Crippen LogP contribution in [0.15, 0.2) is 92.1 Å². The molecule has 186 valence electrons. The molecule has 0 aliphatic rings. The van der Waals surface area contributed by atoms with Gasteiger partial charge in [0, 0.05) is 10.0 Å². The molecule has 0 spiro atoms. The number of hydrogen-bond acceptors (Lipinski definition) is 7. The van der Waals surface area contributed by atoms with Crippen molar-refractivity contribution in [3.8, 4) is 28.8 Å². The molecule has 0 aliphatic carbocycles. The first-order valence-corrected chi connectivity index (χ1v) is 12.1. The zero-order chi connectivity index (χ0) is 25.9. The molecule has 2 heterocycles. The van der Waals surface area contributed by atoms with Crippen LogP contribution >= 0.6 is 15.9 Å². The number of methoxy groups -OCH3 is 2. The largest absolute Gasteiger partial charge is 0.496 e. The van der Waals surface area contributed by atoms with Gasteiger partial charge in [0.15, 0.2) is 17.3 Å². The van der Waals surface area contributed by atoms with E-state index in [0.717, 1.165) is 5.39 Å². The van der Waals surface area contributed by atoms with E-state index in [1.54, 1.807) is 62.9 Å². The van der Waals surface area contributed by atoms with Crippen LogP contribution in [0.25, 0.3) is 33.5 Å². The van der Waals surface area contributed by atoms with Crippen LogP contribution in [0.3, 0.4) is 0 Å². The van der Waals surface area contributed by atoms with Gasteiger partial charge in [-0.2, -0.15) is 9.78 Å². The van der Waals surface area contributed by atoms with E-state index in [1.807, 2.05) is 24.3 Å². The van der Waals surface area contributed by atoms with Gasteiger partial charge in [-0.3, -0.25) is 4.79 Å². The minimum Gasteiger partial charge on any atom is -0.496 e. The number of halogens is 1. The third-order valence-corrected chi connectivity index (χ3v) is 6.35. The Morgan fingerprint density at radius 2 is 1.84 bits per heavy atom. The summed E-state index contributed by atoms with van der Waals surface area (Å²) in [7, 11) is 3.15. The standard InChI is InChI=1S/C28H22BrN3O5/c1-4-12-36-25-15-20(29)17(13-24(25)35-3)16-30-32-27(31-21-9-6-5-8-18(21)28(32)33)26-14-19-22(34-2)10-7-11-23(19)37-26/h4-11,13-16H,1,12H2,2-3H3. The van der Waals surface area contributed by atoms with E-state index < -0.39 is 0 Å². The molecule has 0 aliphatic heterocycles. The Morgan fingerprint density at radius 1 is 1.03 bits per heavy atom. The molecule has 5 rings (SSSR count). The summed E-state index contributed by atoms with van der Waals surface area (Å²) in [5.41, 5.74) is 1.47. The number of nitrogens with zero attached hydrogens (tertiary/aromatic N) is 3. The highest BCUT2D eigenvalue weighted by molar-refractivity contribution is 9.10. The first-order valence-electron chi connectivity index (χ1n) is 11.3. The lowest BCUT2D eigenvalue weighted by molar-refractivity contribution is 0.326. The average Bonchev–Trinajstić information content (AvgIpc) is 3.36. The molecule has 2 aromatic heterocycles. The van der Waals surface area contributed by atoms with E-state index in [2.05, 4.69) is 27.6 Å². The summed E-state index contributed by atoms with van der Waals surface area (Å²) in [5.74, 6) is 2.35. The number of hydrogen-bond donors (Lipinski definition) is 0. The van der Waals surface area contributed by atoms with Crippen LogP contribution in [0.2, 0.25) is 0 Å². The fourth-order valence-corrected chi connectivity index (χ4v) is 4.33. The third-order valence-electron chi connectivity index (χ3n) is 5.67. The van der Waals surface area contributed by atoms with Gasteiger partial charge in [0.2, 0.25) is 5.82 Å². The Bertz CT molecular complexity index is 1720. The smallest absolute Gasteiger partial charge is 0.282 e. The fourth-order valence-electron chi connectivity index (χ4n) is 3.90. The van der Waals surface area contributed by atoms with Crippen LogP contribution < -0.4 is 19.8 Å². The number of ether oxygens (including phenoxy) is 3. The molecule has 8 nitrogen and oxygen atoms in total. The number of furan rings is 1. The molecule has 0 fully saturated rings. The second-order valence-corrected chi connectivity index (χ2v) is 8.78. The second-order valence-electron chi connectivity index (χ2n) is 7.92. The zero-order valence-electron chi connectivity index (χ0n) is 20.1. The van der Waals surface area contributed by atoms with Crippen molar-refractivity contribution in [3.63, 3.8) is 0 Å². The molecule has 0 N–H and O–H groups in total. The average molecular weight is 560 g/mol. The molecular formula is C28H22BrN3O5. The van der Waals surface area contributed by atoms with Crippen molar-refractivity contribution >= 4 is 44.0 Å². The van der Waals surface area contributed by atoms with Gasteiger partial charge in [0.25, 0.3) is 5.56 Å². The Kier molecular flexibility index (Phi) is 6.78. The second kappa shape index (κ2) is 10.3. The molecule has 37 heavy (non-hydrogen) atoms. The zero-order valence-corrected chi connectivity index (χ0v) is 21.7. The van der Waals surface area contributed by atoms with Crippen molar-refractivity contribution < 1.29 is 18.6 Å². The lowest BCUT2D eigenvalue weighted by atomic mass is 10.2. The summed E-state index contributed by atoms with van der Waals surface area (Å²) in [5, 5.41) is 5.72. The summed E-state index contributed by atoms with van der Waals surface area (Å²) >= 11 is 3.55. The predicted octanol–water partition coefficient (Wildman–Crippen LogP) is 6.04. The Morgan fingerprint density at radius 3 is 2.62 bits per heavy atom. The molecule has 5 aromatic rings. The summed E-state index contributed by atoms with van der Waals surface area (Å²) < 4.78 is 24.6. The van der Waals surface area contributed by atoms with Crippen LogP contribution in [0.5, 0.6) is 17.2 Å². The van der Waals surface area contributed by atoms with E-state index in [4.69, 9.17) is 23.6 Å². The van der Waals surface area contributed by atoms with E-state index in [1.165, 1.54) is 4.68 Å². The molecule has 0 saturated carbocycles. The number of para-hydroxylation sites is 1. The van der Waals surface area contributed by atoms with Gasteiger partial charge in [-0.1, -0.05) is 30.9 Å². The third kappa shape index (κ3) is 4.61. The number of benzene rings is 3. The number of rotatable bonds is 8. The molecule has 3 aromatic carbocycles. The lowest BCUT2D eigenvalue weighted by Gasteiger charge is -2.11. The minimum absolute atomic E-state index is 0.257. The van der Waals surface area contributed by atoms with Gasteiger partial charge >= 0.3 is 0 Å². The monoisotopic (exact) mass is 559 g/mol. The van der Waals surface area contributed by atoms with Crippen molar-refractivity contribution in [2.75, 3.05) is 20.8 Å². The predicted molar refractivity (Wildman–Crippen MR) is 147 cm³/mol. The minimum atomic E-state index is -0.335. The molecule has 0 radical (unpaired) electrons. The lowest BCUT2D eigenvalue weighted by Crippen LogP contribution is -2.20. The highest BCUT2D eigenvalue weighted by Crippen LogP contribution is 2.34. The maximum atomic E-state index is 13.5. The topological polar surface area (TPSA) is 88.1 Å². The van der Waals surface area contributed by atoms with Crippen LogP contribution in [-0.4, -0.2) is 36.7 Å². The van der Waals surface area contributed by atoms with Crippen molar-refractivity contribution in [3.05, 3.63) is 93.7 Å². The van der Waals surface area contributed by atoms with Crippen molar-refractivity contribution in [1.29, 1.82) is 0 Å². The van der Waals surface area contributed by atoms with Crippen molar-refractivity contribution in [2.45, 2.75) is 0 Å². The maximum Gasteiger partial charge on any atom is 0.282 e. The van der Waals surface area contributed by atoms with E-state index in [9.17, 15) is 4.79 Å². The molecular weight excluding hydrogens is 538 g/mol. The van der Waals surface area contributed by atoms with Gasteiger partial charge in [-0.15, -0.1) is 0 Å². The molecule has 0 bridgehead atoms. The molecule has 9 heteroatoms. The first-order chi connectivity index (χ1) is 18.0. The maximum absolute atomic E-state index is 13.5. The summed E-state index contributed by atoms with van der Waals surface area (Å²) in [4.78, 5) is 18.3. The van der Waals surface area contributed by atoms with Crippen molar-refractivity contribution in [2.24, 2.45) is 5.10 Å². The van der Waals surface area contributed by atoms with E-state index in [0.29, 0.717) is 56.1 Å². The van der Waals surface area contributed by atoms with Gasteiger partial charge in [0.05, 0.1) is 36.7 Å². The van der Waals surface area contributed by atoms with E-state index >= 15 is 0 Å². The quantitative estimate of drug-likeness (QED) is 0.170. The summed E-state index contributed by atoms with van der Waals surface area (Å²) in [6, 6.07) is 17.9. The molecule has 0 amide bonds. The molecule has 0 atom stereocenters. The summed E-state index contributed by atoms with van der Waals surface area (Å²) in [6.45, 7) is 4.00. The fraction of sp³-hybridized carbons (Fsp3) is 0.107. The Labute approximate surface area is 220 Å². The van der Waals surface area contributed by atoms with Crippen molar-refractivity contribution in [1.82, 2.24) is 9.66 Å². The van der Waals surface area contributed by atoms with Gasteiger partial charge < -0.3 is 18.6 Å². The Hall–Kier alpha value is -4.37. The van der Waals surface area contributed by atoms with Crippen LogP contribution in [-0.2, 0) is 0 Å². The SMILES string of the molecule is C=CCOc1cc(Br)c(C=Nn2c(-c3cc4c(OC)cccc4o3)nc3ccccc3c2=O)cc1OC. The van der Waals surface area contributed by atoms with Crippen LogP contribution in [0, 0.1) is 0 Å². The van der Waals surface area contributed by atoms with Crippen LogP contribution in [0.4, 0.5) is 0 Å². The molecule has 0 saturated heterocycles. The normalized spacial score (nSPS) is 11.3. The number of fused-ring (bicyclic) bond motifs is 2. The first kappa shape index (κ1) is 24.3. The van der Waals surface area contributed by atoms with Gasteiger partial charge in [-0.25, -0.2) is 4.98 Å². The Balaban J connectivity index is 1.67. The highest BCUT2D eigenvalue weighted by atomic mass is 79.9. The molecule has 0 unspecified atom stereocenters. The van der Waals surface area contributed by atoms with E-state index in [-0.39, 0.29) is 11.4 Å². The summed E-state index contributed by atoms with van der Waals surface area (Å²) in [6.07, 6.45) is 3.20. The number of aromatic nitrogens is 2. The van der Waals surface area contributed by atoms with Gasteiger partial charge in [0.1, 0.15) is 17.9 Å². The highest BCUT2D eigenvalue weighted by Gasteiger charge is 2.18. The van der Waals surface area contributed by atoms with Gasteiger partial charge in [-0.05, 0) is 58.4 Å². The van der Waals surface area contributed by atoms with Crippen LogP contribution in [0.1, 0.15) is 5.56 Å².